The van der Waals surface area contributed by atoms with E-state index < -0.39 is 0 Å². The van der Waals surface area contributed by atoms with Gasteiger partial charge in [-0.3, -0.25) is 4.79 Å². The molecule has 0 spiro atoms. The SMILES string of the molecule is Cc1nc(/C=C/C(=O)c2ccc(Cl)c(Cl)c2Cl)c2ccccn12. The van der Waals surface area contributed by atoms with Gasteiger partial charge in [0.1, 0.15) is 5.82 Å². The van der Waals surface area contributed by atoms with Crippen molar-refractivity contribution in [3.05, 3.63) is 74.8 Å². The van der Waals surface area contributed by atoms with Crippen LogP contribution in [0.15, 0.2) is 42.6 Å². The van der Waals surface area contributed by atoms with Gasteiger partial charge in [0.25, 0.3) is 0 Å². The second kappa shape index (κ2) is 6.36. The molecule has 3 nitrogen and oxygen atoms in total. The predicted octanol–water partition coefficient (Wildman–Crippen LogP) is 5.50. The molecule has 0 fully saturated rings. The van der Waals surface area contributed by atoms with E-state index in [0.29, 0.717) is 16.3 Å². The molecule has 0 aliphatic rings. The molecule has 0 amide bonds. The highest BCUT2D eigenvalue weighted by Gasteiger charge is 2.13. The van der Waals surface area contributed by atoms with Crippen LogP contribution in [0, 0.1) is 6.92 Å². The van der Waals surface area contributed by atoms with Gasteiger partial charge in [0.15, 0.2) is 5.78 Å². The number of hydrogen-bond acceptors (Lipinski definition) is 2. The smallest absolute Gasteiger partial charge is 0.187 e. The molecule has 0 bridgehead atoms. The zero-order valence-corrected chi connectivity index (χ0v) is 14.3. The molecule has 2 heterocycles. The second-order valence-electron chi connectivity index (χ2n) is 4.92. The van der Waals surface area contributed by atoms with Gasteiger partial charge < -0.3 is 4.40 Å². The highest BCUT2D eigenvalue weighted by Crippen LogP contribution is 2.33. The maximum Gasteiger partial charge on any atom is 0.187 e. The van der Waals surface area contributed by atoms with Crippen LogP contribution in [0.25, 0.3) is 11.6 Å². The number of carbonyl (C=O) groups excluding carboxylic acids is 1. The molecule has 0 radical (unpaired) electrons. The molecule has 0 saturated heterocycles. The minimum atomic E-state index is -0.261. The molecule has 0 N–H and O–H groups in total. The minimum Gasteiger partial charge on any atom is -0.303 e. The summed E-state index contributed by atoms with van der Waals surface area (Å²) >= 11 is 17.9. The molecule has 2 aromatic heterocycles. The molecule has 116 valence electrons. The average molecular weight is 366 g/mol. The van der Waals surface area contributed by atoms with Crippen molar-refractivity contribution < 1.29 is 4.79 Å². The van der Waals surface area contributed by atoms with Crippen molar-refractivity contribution in [2.75, 3.05) is 0 Å². The third-order valence-corrected chi connectivity index (χ3v) is 4.74. The summed E-state index contributed by atoms with van der Waals surface area (Å²) in [5.41, 5.74) is 1.94. The number of nitrogens with zero attached hydrogens (tertiary/aromatic N) is 2. The first-order chi connectivity index (χ1) is 11.0. The fraction of sp³-hybridized carbons (Fsp3) is 0.0588. The molecular formula is C17H11Cl3N2O. The van der Waals surface area contributed by atoms with Gasteiger partial charge in [-0.15, -0.1) is 0 Å². The lowest BCUT2D eigenvalue weighted by Gasteiger charge is -2.03. The first-order valence-electron chi connectivity index (χ1n) is 6.78. The molecule has 3 aromatic rings. The summed E-state index contributed by atoms with van der Waals surface area (Å²) in [6, 6.07) is 8.89. The van der Waals surface area contributed by atoms with E-state index in [1.807, 2.05) is 35.7 Å². The van der Waals surface area contributed by atoms with Crippen LogP contribution in [-0.2, 0) is 0 Å². The largest absolute Gasteiger partial charge is 0.303 e. The first kappa shape index (κ1) is 16.1. The standard InChI is InChI=1S/C17H11Cl3N2O/c1-10-21-13(14-4-2-3-9-22(10)14)7-8-15(23)11-5-6-12(18)17(20)16(11)19/h2-9H,1H3/b8-7+. The van der Waals surface area contributed by atoms with Crippen LogP contribution in [0.4, 0.5) is 0 Å². The fourth-order valence-corrected chi connectivity index (χ4v) is 2.93. The summed E-state index contributed by atoms with van der Waals surface area (Å²) in [5, 5.41) is 0.642. The predicted molar refractivity (Wildman–Crippen MR) is 94.8 cm³/mol. The van der Waals surface area contributed by atoms with Gasteiger partial charge in [-0.2, -0.15) is 0 Å². The van der Waals surface area contributed by atoms with E-state index in [1.54, 1.807) is 18.2 Å². The van der Waals surface area contributed by atoms with Crippen LogP contribution in [0.3, 0.4) is 0 Å². The van der Waals surface area contributed by atoms with Crippen molar-refractivity contribution in [3.8, 4) is 0 Å². The van der Waals surface area contributed by atoms with E-state index >= 15 is 0 Å². The number of carbonyl (C=O) groups is 1. The third-order valence-electron chi connectivity index (χ3n) is 3.45. The lowest BCUT2D eigenvalue weighted by atomic mass is 10.1. The molecule has 6 heteroatoms. The van der Waals surface area contributed by atoms with Crippen LogP contribution in [0.2, 0.25) is 15.1 Å². The number of aromatic nitrogens is 2. The Labute approximate surface area is 148 Å². The summed E-state index contributed by atoms with van der Waals surface area (Å²) < 4.78 is 1.95. The second-order valence-corrected chi connectivity index (χ2v) is 6.08. The van der Waals surface area contributed by atoms with E-state index in [2.05, 4.69) is 4.98 Å². The quantitative estimate of drug-likeness (QED) is 0.349. The maximum absolute atomic E-state index is 12.3. The molecule has 23 heavy (non-hydrogen) atoms. The van der Waals surface area contributed by atoms with Crippen LogP contribution in [0.5, 0.6) is 0 Å². The molecule has 3 rings (SSSR count). The van der Waals surface area contributed by atoms with Crippen LogP contribution in [0.1, 0.15) is 21.9 Å². The summed E-state index contributed by atoms with van der Waals surface area (Å²) in [6.45, 7) is 1.90. The first-order valence-corrected chi connectivity index (χ1v) is 7.92. The van der Waals surface area contributed by atoms with E-state index in [0.717, 1.165) is 11.3 Å². The highest BCUT2D eigenvalue weighted by molar-refractivity contribution is 6.49. The molecule has 0 saturated carbocycles. The Bertz CT molecular complexity index is 944. The summed E-state index contributed by atoms with van der Waals surface area (Å²) in [5.74, 6) is 0.587. The number of pyridine rings is 1. The van der Waals surface area contributed by atoms with Crippen LogP contribution in [-0.4, -0.2) is 15.2 Å². The zero-order chi connectivity index (χ0) is 16.6. The molecule has 1 aromatic carbocycles. The van der Waals surface area contributed by atoms with Gasteiger partial charge in [-0.1, -0.05) is 40.9 Å². The van der Waals surface area contributed by atoms with Crippen molar-refractivity contribution in [2.24, 2.45) is 0 Å². The van der Waals surface area contributed by atoms with Crippen molar-refractivity contribution in [1.29, 1.82) is 0 Å². The molecule has 0 unspecified atom stereocenters. The topological polar surface area (TPSA) is 34.4 Å². The number of allylic oxidation sites excluding steroid dienone is 1. The van der Waals surface area contributed by atoms with E-state index in [1.165, 1.54) is 6.08 Å². The Morgan fingerprint density at radius 2 is 1.91 bits per heavy atom. The van der Waals surface area contributed by atoms with Crippen molar-refractivity contribution in [2.45, 2.75) is 6.92 Å². The number of ketones is 1. The van der Waals surface area contributed by atoms with Gasteiger partial charge in [0, 0.05) is 11.8 Å². The number of halogens is 3. The van der Waals surface area contributed by atoms with Gasteiger partial charge in [-0.25, -0.2) is 4.98 Å². The van der Waals surface area contributed by atoms with Gasteiger partial charge in [0.05, 0.1) is 26.3 Å². The maximum atomic E-state index is 12.3. The monoisotopic (exact) mass is 364 g/mol. The van der Waals surface area contributed by atoms with E-state index in [9.17, 15) is 4.79 Å². The Morgan fingerprint density at radius 3 is 2.70 bits per heavy atom. The van der Waals surface area contributed by atoms with Crippen molar-refractivity contribution in [3.63, 3.8) is 0 Å². The Kier molecular flexibility index (Phi) is 4.44. The van der Waals surface area contributed by atoms with Crippen molar-refractivity contribution in [1.82, 2.24) is 9.38 Å². The normalized spacial score (nSPS) is 11.5. The molecular weight excluding hydrogens is 355 g/mol. The number of imidazole rings is 1. The Balaban J connectivity index is 1.96. The number of rotatable bonds is 3. The van der Waals surface area contributed by atoms with Crippen molar-refractivity contribution >= 4 is 52.2 Å². The third kappa shape index (κ3) is 3.00. The zero-order valence-electron chi connectivity index (χ0n) is 12.1. The highest BCUT2D eigenvalue weighted by atomic mass is 35.5. The minimum absolute atomic E-state index is 0.152. The summed E-state index contributed by atoms with van der Waals surface area (Å²) in [7, 11) is 0. The fourth-order valence-electron chi connectivity index (χ4n) is 2.30. The Morgan fingerprint density at radius 1 is 1.13 bits per heavy atom. The van der Waals surface area contributed by atoms with Gasteiger partial charge >= 0.3 is 0 Å². The van der Waals surface area contributed by atoms with E-state index in [-0.39, 0.29) is 15.8 Å². The lowest BCUT2D eigenvalue weighted by Crippen LogP contribution is -1.96. The molecule has 0 atom stereocenters. The summed E-state index contributed by atoms with van der Waals surface area (Å²) in [4.78, 5) is 16.8. The van der Waals surface area contributed by atoms with Crippen LogP contribution < -0.4 is 0 Å². The van der Waals surface area contributed by atoms with Crippen LogP contribution >= 0.6 is 34.8 Å². The lowest BCUT2D eigenvalue weighted by molar-refractivity contribution is 0.104. The van der Waals surface area contributed by atoms with E-state index in [4.69, 9.17) is 34.8 Å². The van der Waals surface area contributed by atoms with Gasteiger partial charge in [0.2, 0.25) is 0 Å². The van der Waals surface area contributed by atoms with Gasteiger partial charge in [-0.05, 0) is 43.3 Å². The average Bonchev–Trinajstić information content (AvgIpc) is 2.87. The number of aryl methyl sites for hydroxylation is 1. The summed E-state index contributed by atoms with van der Waals surface area (Å²) in [6.07, 6.45) is 5.02. The number of hydrogen-bond donors (Lipinski definition) is 0. The number of benzene rings is 1. The number of fused-ring (bicyclic) bond motifs is 1. The Hall–Kier alpha value is -1.81. The molecule has 0 aliphatic heterocycles. The molecule has 0 aliphatic carbocycles.